The first-order chi connectivity index (χ1) is 9.15. The van der Waals surface area contributed by atoms with Crippen LogP contribution in [0.1, 0.15) is 18.3 Å². The highest BCUT2D eigenvalue weighted by atomic mass is 35.5. The molecule has 0 aliphatic heterocycles. The van der Waals surface area contributed by atoms with Crippen LogP contribution >= 0.6 is 23.4 Å². The monoisotopic (exact) mass is 295 g/mol. The van der Waals surface area contributed by atoms with E-state index in [1.165, 1.54) is 4.90 Å². The molecule has 3 nitrogen and oxygen atoms in total. The third-order valence-electron chi connectivity index (χ3n) is 3.03. The van der Waals surface area contributed by atoms with Crippen LogP contribution in [-0.4, -0.2) is 16.0 Å². The summed E-state index contributed by atoms with van der Waals surface area (Å²) in [6, 6.07) is 8.35. The number of nitrogens with one attached hydrogen (secondary N) is 1. The Morgan fingerprint density at radius 2 is 2.21 bits per heavy atom. The van der Waals surface area contributed by atoms with Gasteiger partial charge in [-0.15, -0.1) is 11.8 Å². The summed E-state index contributed by atoms with van der Waals surface area (Å²) in [4.78, 5) is 1.25. The molecule has 0 spiro atoms. The third kappa shape index (κ3) is 3.25. The zero-order chi connectivity index (χ0) is 13.8. The Kier molecular flexibility index (Phi) is 4.77. The maximum absolute atomic E-state index is 6.33. The van der Waals surface area contributed by atoms with Crippen LogP contribution in [-0.2, 0) is 20.0 Å². The Morgan fingerprint density at radius 1 is 1.42 bits per heavy atom. The van der Waals surface area contributed by atoms with Crippen molar-refractivity contribution in [2.45, 2.75) is 24.8 Å². The van der Waals surface area contributed by atoms with Crippen molar-refractivity contribution in [1.29, 1.82) is 0 Å². The molecule has 1 aromatic carbocycles. The van der Waals surface area contributed by atoms with Crippen molar-refractivity contribution in [2.24, 2.45) is 7.05 Å². The van der Waals surface area contributed by atoms with Gasteiger partial charge in [0.15, 0.2) is 0 Å². The van der Waals surface area contributed by atoms with Gasteiger partial charge in [0.05, 0.1) is 23.0 Å². The number of thioether (sulfide) groups is 1. The van der Waals surface area contributed by atoms with Crippen molar-refractivity contribution in [3.05, 3.63) is 40.7 Å². The second-order valence-corrected chi connectivity index (χ2v) is 5.53. The van der Waals surface area contributed by atoms with Crippen LogP contribution in [0.3, 0.4) is 0 Å². The van der Waals surface area contributed by atoms with Gasteiger partial charge in [-0.1, -0.05) is 24.6 Å². The number of anilines is 1. The molecule has 0 aliphatic rings. The Bertz CT molecular complexity index is 566. The van der Waals surface area contributed by atoms with Crippen LogP contribution in [0.15, 0.2) is 29.2 Å². The number of aryl methyl sites for hydroxylation is 2. The molecule has 19 heavy (non-hydrogen) atoms. The minimum atomic E-state index is 0.681. The first kappa shape index (κ1) is 14.3. The van der Waals surface area contributed by atoms with Crippen LogP contribution in [0, 0.1) is 0 Å². The summed E-state index contributed by atoms with van der Waals surface area (Å²) in [7, 11) is 1.93. The Morgan fingerprint density at radius 3 is 2.84 bits per heavy atom. The topological polar surface area (TPSA) is 29.9 Å². The molecule has 1 heterocycles. The number of hydrogen-bond acceptors (Lipinski definition) is 3. The SMILES string of the molecule is CCc1nn(C)c(CNc2cccc(SC)c2)c1Cl. The van der Waals surface area contributed by atoms with Crippen molar-refractivity contribution in [1.82, 2.24) is 9.78 Å². The van der Waals surface area contributed by atoms with Crippen molar-refractivity contribution >= 4 is 29.1 Å². The van der Waals surface area contributed by atoms with Gasteiger partial charge in [0.1, 0.15) is 0 Å². The number of benzene rings is 1. The number of hydrogen-bond donors (Lipinski definition) is 1. The summed E-state index contributed by atoms with van der Waals surface area (Å²) < 4.78 is 1.85. The summed E-state index contributed by atoms with van der Waals surface area (Å²) in [5, 5.41) is 8.59. The molecular weight excluding hydrogens is 278 g/mol. The zero-order valence-electron chi connectivity index (χ0n) is 11.4. The maximum atomic E-state index is 6.33. The zero-order valence-corrected chi connectivity index (χ0v) is 13.0. The number of aromatic nitrogens is 2. The Balaban J connectivity index is 2.12. The quantitative estimate of drug-likeness (QED) is 0.847. The van der Waals surface area contributed by atoms with Crippen molar-refractivity contribution in [3.63, 3.8) is 0 Å². The third-order valence-corrected chi connectivity index (χ3v) is 4.19. The highest BCUT2D eigenvalue weighted by Gasteiger charge is 2.12. The lowest BCUT2D eigenvalue weighted by Crippen LogP contribution is -2.05. The molecule has 0 saturated carbocycles. The fourth-order valence-electron chi connectivity index (χ4n) is 1.93. The van der Waals surface area contributed by atoms with Crippen molar-refractivity contribution in [2.75, 3.05) is 11.6 Å². The molecular formula is C14H18ClN3S. The van der Waals surface area contributed by atoms with Gasteiger partial charge in [0, 0.05) is 17.6 Å². The summed E-state index contributed by atoms with van der Waals surface area (Å²) in [6.45, 7) is 2.74. The van der Waals surface area contributed by atoms with Crippen molar-refractivity contribution in [3.8, 4) is 0 Å². The fraction of sp³-hybridized carbons (Fsp3) is 0.357. The minimum absolute atomic E-state index is 0.681. The Labute approximate surface area is 123 Å². The predicted molar refractivity (Wildman–Crippen MR) is 83.1 cm³/mol. The molecule has 0 saturated heterocycles. The standard InChI is InChI=1S/C14H18ClN3S/c1-4-12-14(15)13(18(2)17-12)9-16-10-6-5-7-11(8-10)19-3/h5-8,16H,4,9H2,1-3H3. The summed E-state index contributed by atoms with van der Waals surface area (Å²) in [5.74, 6) is 0. The van der Waals surface area contributed by atoms with E-state index in [4.69, 9.17) is 11.6 Å². The highest BCUT2D eigenvalue weighted by molar-refractivity contribution is 7.98. The lowest BCUT2D eigenvalue weighted by atomic mass is 10.3. The average Bonchev–Trinajstić information content (AvgIpc) is 2.71. The summed E-state index contributed by atoms with van der Waals surface area (Å²) in [5.41, 5.74) is 3.08. The second kappa shape index (κ2) is 6.35. The smallest absolute Gasteiger partial charge is 0.0868 e. The van der Waals surface area contributed by atoms with E-state index >= 15 is 0 Å². The minimum Gasteiger partial charge on any atom is -0.379 e. The number of nitrogens with zero attached hydrogens (tertiary/aromatic N) is 2. The van der Waals surface area contributed by atoms with Gasteiger partial charge in [0.25, 0.3) is 0 Å². The normalized spacial score (nSPS) is 10.7. The summed E-state index contributed by atoms with van der Waals surface area (Å²) >= 11 is 8.06. The molecule has 1 aromatic heterocycles. The molecule has 0 aliphatic carbocycles. The van der Waals surface area contributed by atoms with Gasteiger partial charge >= 0.3 is 0 Å². The summed E-state index contributed by atoms with van der Waals surface area (Å²) in [6.07, 6.45) is 2.93. The molecule has 0 atom stereocenters. The molecule has 0 fully saturated rings. The largest absolute Gasteiger partial charge is 0.379 e. The van der Waals surface area contributed by atoms with E-state index in [-0.39, 0.29) is 0 Å². The van der Waals surface area contributed by atoms with E-state index in [0.717, 1.165) is 28.5 Å². The van der Waals surface area contributed by atoms with Crippen LogP contribution in [0.2, 0.25) is 5.02 Å². The maximum Gasteiger partial charge on any atom is 0.0868 e. The van der Waals surface area contributed by atoms with E-state index in [1.54, 1.807) is 11.8 Å². The highest BCUT2D eigenvalue weighted by Crippen LogP contribution is 2.23. The fourth-order valence-corrected chi connectivity index (χ4v) is 2.75. The predicted octanol–water partition coefficient (Wildman–Crippen LogP) is 3.97. The lowest BCUT2D eigenvalue weighted by Gasteiger charge is -2.08. The average molecular weight is 296 g/mol. The second-order valence-electron chi connectivity index (χ2n) is 4.27. The molecule has 0 bridgehead atoms. The van der Waals surface area contributed by atoms with Crippen LogP contribution in [0.25, 0.3) is 0 Å². The molecule has 5 heteroatoms. The first-order valence-electron chi connectivity index (χ1n) is 6.23. The van der Waals surface area contributed by atoms with Gasteiger partial charge in [0.2, 0.25) is 0 Å². The van der Waals surface area contributed by atoms with Gasteiger partial charge in [-0.3, -0.25) is 4.68 Å². The first-order valence-corrected chi connectivity index (χ1v) is 7.84. The molecule has 0 amide bonds. The van der Waals surface area contributed by atoms with Crippen molar-refractivity contribution < 1.29 is 0 Å². The molecule has 2 rings (SSSR count). The van der Waals surface area contributed by atoms with E-state index < -0.39 is 0 Å². The molecule has 2 aromatic rings. The van der Waals surface area contributed by atoms with Gasteiger partial charge in [-0.2, -0.15) is 5.10 Å². The van der Waals surface area contributed by atoms with Gasteiger partial charge in [-0.05, 0) is 30.9 Å². The van der Waals surface area contributed by atoms with Crippen LogP contribution in [0.5, 0.6) is 0 Å². The molecule has 102 valence electrons. The number of halogens is 1. The molecule has 1 N–H and O–H groups in total. The molecule has 0 radical (unpaired) electrons. The van der Waals surface area contributed by atoms with Crippen LogP contribution < -0.4 is 5.32 Å². The molecule has 0 unspecified atom stereocenters. The van der Waals surface area contributed by atoms with E-state index in [1.807, 2.05) is 11.7 Å². The van der Waals surface area contributed by atoms with E-state index in [0.29, 0.717) is 6.54 Å². The number of rotatable bonds is 5. The van der Waals surface area contributed by atoms with Gasteiger partial charge < -0.3 is 5.32 Å². The Hall–Kier alpha value is -1.13. The van der Waals surface area contributed by atoms with Crippen LogP contribution in [0.4, 0.5) is 5.69 Å². The van der Waals surface area contributed by atoms with E-state index in [9.17, 15) is 0 Å². The van der Waals surface area contributed by atoms with E-state index in [2.05, 4.69) is 47.9 Å². The lowest BCUT2D eigenvalue weighted by molar-refractivity contribution is 0.707. The van der Waals surface area contributed by atoms with Gasteiger partial charge in [-0.25, -0.2) is 0 Å².